The summed E-state index contributed by atoms with van der Waals surface area (Å²) >= 11 is 0. The van der Waals surface area contributed by atoms with Crippen LogP contribution in [0, 0.1) is 6.92 Å². The summed E-state index contributed by atoms with van der Waals surface area (Å²) in [6.07, 6.45) is 4.57. The van der Waals surface area contributed by atoms with Crippen molar-refractivity contribution in [1.29, 1.82) is 0 Å². The summed E-state index contributed by atoms with van der Waals surface area (Å²) in [6, 6.07) is 8.04. The van der Waals surface area contributed by atoms with Crippen LogP contribution in [0.5, 0.6) is 0 Å². The molecule has 0 radical (unpaired) electrons. The fourth-order valence-corrected chi connectivity index (χ4v) is 1.94. The Hall–Kier alpha value is -2.10. The molecule has 0 N–H and O–H groups in total. The molecule has 2 heterocycles. The Kier molecular flexibility index (Phi) is 2.40. The van der Waals surface area contributed by atoms with Gasteiger partial charge in [0.1, 0.15) is 0 Å². The van der Waals surface area contributed by atoms with Crippen LogP contribution in [0.2, 0.25) is 0 Å². The second kappa shape index (κ2) is 4.05. The van der Waals surface area contributed by atoms with E-state index in [1.54, 1.807) is 6.20 Å². The van der Waals surface area contributed by atoms with E-state index in [1.807, 2.05) is 29.1 Å². The van der Waals surface area contributed by atoms with Crippen molar-refractivity contribution in [3.05, 3.63) is 47.9 Å². The zero-order valence-electron chi connectivity index (χ0n) is 9.63. The maximum absolute atomic E-state index is 5.29. The molecule has 0 unspecified atom stereocenters. The van der Waals surface area contributed by atoms with E-state index >= 15 is 0 Å². The first-order chi connectivity index (χ1) is 8.33. The van der Waals surface area contributed by atoms with Crippen LogP contribution in [0.4, 0.5) is 0 Å². The van der Waals surface area contributed by atoms with Gasteiger partial charge < -0.3 is 4.52 Å². The second-order valence-electron chi connectivity index (χ2n) is 4.15. The smallest absolute Gasteiger partial charge is 0.167 e. The molecule has 86 valence electrons. The van der Waals surface area contributed by atoms with E-state index in [0.29, 0.717) is 0 Å². The maximum atomic E-state index is 5.29. The van der Waals surface area contributed by atoms with Crippen molar-refractivity contribution in [2.24, 2.45) is 0 Å². The molecule has 3 rings (SSSR count). The van der Waals surface area contributed by atoms with Crippen LogP contribution in [0.1, 0.15) is 11.3 Å². The van der Waals surface area contributed by atoms with E-state index in [0.717, 1.165) is 29.6 Å². The molecule has 0 aliphatic carbocycles. The standard InChI is InChI=1S/C13H13N3O/c1-10-3-4-13-11(9-10)12(15-17-13)5-8-16-7-2-6-14-16/h2-4,6-7,9H,5,8H2,1H3. The van der Waals surface area contributed by atoms with Crippen LogP contribution in [-0.4, -0.2) is 14.9 Å². The normalized spacial score (nSPS) is 11.1. The molecule has 0 amide bonds. The van der Waals surface area contributed by atoms with Crippen molar-refractivity contribution >= 4 is 11.0 Å². The summed E-state index contributed by atoms with van der Waals surface area (Å²) < 4.78 is 7.19. The van der Waals surface area contributed by atoms with Crippen molar-refractivity contribution in [3.63, 3.8) is 0 Å². The number of benzene rings is 1. The molecule has 0 aliphatic heterocycles. The average Bonchev–Trinajstić information content (AvgIpc) is 2.94. The van der Waals surface area contributed by atoms with Crippen LogP contribution in [-0.2, 0) is 13.0 Å². The molecule has 2 aromatic heterocycles. The van der Waals surface area contributed by atoms with Gasteiger partial charge in [-0.2, -0.15) is 5.10 Å². The number of rotatable bonds is 3. The van der Waals surface area contributed by atoms with Gasteiger partial charge in [-0.15, -0.1) is 0 Å². The van der Waals surface area contributed by atoms with Gasteiger partial charge in [0.25, 0.3) is 0 Å². The predicted octanol–water partition coefficient (Wildman–Crippen LogP) is 2.58. The van der Waals surface area contributed by atoms with Crippen molar-refractivity contribution in [1.82, 2.24) is 14.9 Å². The molecular weight excluding hydrogens is 214 g/mol. The fourth-order valence-electron chi connectivity index (χ4n) is 1.94. The fraction of sp³-hybridized carbons (Fsp3) is 0.231. The lowest BCUT2D eigenvalue weighted by molar-refractivity contribution is 0.441. The molecule has 3 aromatic rings. The number of fused-ring (bicyclic) bond motifs is 1. The zero-order valence-corrected chi connectivity index (χ0v) is 9.63. The van der Waals surface area contributed by atoms with E-state index in [4.69, 9.17) is 4.52 Å². The Labute approximate surface area is 98.8 Å². The number of nitrogens with zero attached hydrogens (tertiary/aromatic N) is 3. The molecule has 4 heteroatoms. The van der Waals surface area contributed by atoms with Crippen LogP contribution in [0.3, 0.4) is 0 Å². The SMILES string of the molecule is Cc1ccc2onc(CCn3cccn3)c2c1. The summed E-state index contributed by atoms with van der Waals surface area (Å²) in [6.45, 7) is 2.90. The van der Waals surface area contributed by atoms with Gasteiger partial charge >= 0.3 is 0 Å². The number of aryl methyl sites for hydroxylation is 3. The lowest BCUT2D eigenvalue weighted by Crippen LogP contribution is -2.01. The predicted molar refractivity (Wildman–Crippen MR) is 64.7 cm³/mol. The Morgan fingerprint density at radius 3 is 3.12 bits per heavy atom. The van der Waals surface area contributed by atoms with Gasteiger partial charge in [-0.25, -0.2) is 0 Å². The molecular formula is C13H13N3O. The van der Waals surface area contributed by atoms with Gasteiger partial charge in [0.05, 0.1) is 5.69 Å². The van der Waals surface area contributed by atoms with E-state index in [2.05, 4.69) is 23.2 Å². The van der Waals surface area contributed by atoms with Crippen molar-refractivity contribution in [3.8, 4) is 0 Å². The zero-order chi connectivity index (χ0) is 11.7. The molecule has 0 saturated carbocycles. The van der Waals surface area contributed by atoms with Crippen LogP contribution in [0.25, 0.3) is 11.0 Å². The van der Waals surface area contributed by atoms with Gasteiger partial charge in [0.15, 0.2) is 5.58 Å². The maximum Gasteiger partial charge on any atom is 0.167 e. The van der Waals surface area contributed by atoms with Gasteiger partial charge in [-0.05, 0) is 25.1 Å². The monoisotopic (exact) mass is 227 g/mol. The minimum atomic E-state index is 0.822. The van der Waals surface area contributed by atoms with Crippen LogP contribution < -0.4 is 0 Å². The molecule has 4 nitrogen and oxygen atoms in total. The third kappa shape index (κ3) is 1.93. The Morgan fingerprint density at radius 2 is 2.29 bits per heavy atom. The summed E-state index contributed by atoms with van der Waals surface area (Å²) in [4.78, 5) is 0. The lowest BCUT2D eigenvalue weighted by Gasteiger charge is -1.98. The number of hydrogen-bond donors (Lipinski definition) is 0. The summed E-state index contributed by atoms with van der Waals surface area (Å²) in [5.74, 6) is 0. The molecule has 0 atom stereocenters. The van der Waals surface area contributed by atoms with E-state index < -0.39 is 0 Å². The van der Waals surface area contributed by atoms with Crippen LogP contribution in [0.15, 0.2) is 41.2 Å². The Morgan fingerprint density at radius 1 is 1.35 bits per heavy atom. The molecule has 0 spiro atoms. The first kappa shape index (κ1) is 10.1. The molecule has 0 saturated heterocycles. The van der Waals surface area contributed by atoms with E-state index in [1.165, 1.54) is 5.56 Å². The van der Waals surface area contributed by atoms with Crippen molar-refractivity contribution < 1.29 is 4.52 Å². The molecule has 0 bridgehead atoms. The topological polar surface area (TPSA) is 43.9 Å². The average molecular weight is 227 g/mol. The van der Waals surface area contributed by atoms with Crippen molar-refractivity contribution in [2.75, 3.05) is 0 Å². The van der Waals surface area contributed by atoms with Gasteiger partial charge in [-0.1, -0.05) is 16.8 Å². The van der Waals surface area contributed by atoms with Crippen LogP contribution >= 0.6 is 0 Å². The van der Waals surface area contributed by atoms with Gasteiger partial charge in [-0.3, -0.25) is 4.68 Å². The molecule has 17 heavy (non-hydrogen) atoms. The first-order valence-corrected chi connectivity index (χ1v) is 5.65. The van der Waals surface area contributed by atoms with Gasteiger partial charge in [0.2, 0.25) is 0 Å². The highest BCUT2D eigenvalue weighted by molar-refractivity contribution is 5.80. The third-order valence-electron chi connectivity index (χ3n) is 2.84. The Balaban J connectivity index is 1.87. The number of aromatic nitrogens is 3. The summed E-state index contributed by atoms with van der Waals surface area (Å²) in [5, 5.41) is 9.40. The lowest BCUT2D eigenvalue weighted by atomic mass is 10.1. The largest absolute Gasteiger partial charge is 0.356 e. The third-order valence-corrected chi connectivity index (χ3v) is 2.84. The molecule has 1 aromatic carbocycles. The highest BCUT2D eigenvalue weighted by Gasteiger charge is 2.08. The highest BCUT2D eigenvalue weighted by Crippen LogP contribution is 2.20. The van der Waals surface area contributed by atoms with E-state index in [9.17, 15) is 0 Å². The molecule has 0 aliphatic rings. The van der Waals surface area contributed by atoms with Gasteiger partial charge in [0, 0.05) is 30.7 Å². The Bertz CT molecular complexity index is 625. The number of hydrogen-bond acceptors (Lipinski definition) is 3. The highest BCUT2D eigenvalue weighted by atomic mass is 16.5. The quantitative estimate of drug-likeness (QED) is 0.690. The molecule has 0 fully saturated rings. The first-order valence-electron chi connectivity index (χ1n) is 5.65. The summed E-state index contributed by atoms with van der Waals surface area (Å²) in [5.41, 5.74) is 3.08. The minimum absolute atomic E-state index is 0.822. The van der Waals surface area contributed by atoms with E-state index in [-0.39, 0.29) is 0 Å². The second-order valence-corrected chi connectivity index (χ2v) is 4.15. The summed E-state index contributed by atoms with van der Waals surface area (Å²) in [7, 11) is 0. The minimum Gasteiger partial charge on any atom is -0.356 e. The van der Waals surface area contributed by atoms with Crippen molar-refractivity contribution in [2.45, 2.75) is 19.9 Å².